The summed E-state index contributed by atoms with van der Waals surface area (Å²) in [5, 5.41) is 2.75. The van der Waals surface area contributed by atoms with Crippen LogP contribution in [-0.2, 0) is 20.2 Å². The molecule has 0 fully saturated rings. The van der Waals surface area contributed by atoms with E-state index in [2.05, 4.69) is 26.1 Å². The van der Waals surface area contributed by atoms with Crippen molar-refractivity contribution in [2.45, 2.75) is 31.1 Å². The quantitative estimate of drug-likeness (QED) is 0.293. The summed E-state index contributed by atoms with van der Waals surface area (Å²) >= 11 is 0. The Bertz CT molecular complexity index is 1450. The number of carbonyl (C=O) groups excluding carboxylic acids is 1. The molecule has 41 heavy (non-hydrogen) atoms. The van der Waals surface area contributed by atoms with E-state index >= 15 is 0 Å². The van der Waals surface area contributed by atoms with Crippen LogP contribution in [0.1, 0.15) is 26.3 Å². The van der Waals surface area contributed by atoms with Crippen molar-refractivity contribution in [2.75, 3.05) is 52.4 Å². The highest BCUT2D eigenvalue weighted by atomic mass is 32.2. The standard InChI is InChI=1S/C30H38N2O8S/c1-30(2,3)23-10-8-9-11-25(23)40-17-16-31-29(33)20-32(24-18-21(36-4)12-14-26(24)37-5)41(34,35)22-13-15-27(38-6)28(19-22)39-7/h8-15,18-19H,16-17,20H2,1-7H3,(H,31,33). The minimum Gasteiger partial charge on any atom is -0.497 e. The van der Waals surface area contributed by atoms with Gasteiger partial charge in [-0.2, -0.15) is 0 Å². The van der Waals surface area contributed by atoms with E-state index in [-0.39, 0.29) is 40.6 Å². The van der Waals surface area contributed by atoms with Crippen molar-refractivity contribution in [1.82, 2.24) is 5.32 Å². The SMILES string of the molecule is COc1ccc(OC)c(N(CC(=O)NCCOc2ccccc2C(C)(C)C)S(=O)(=O)c2ccc(OC)c(OC)c2)c1. The molecule has 3 aromatic rings. The molecular formula is C30H38N2O8S. The lowest BCUT2D eigenvalue weighted by Crippen LogP contribution is -2.42. The van der Waals surface area contributed by atoms with Crippen LogP contribution >= 0.6 is 0 Å². The Morgan fingerprint density at radius 3 is 2.10 bits per heavy atom. The lowest BCUT2D eigenvalue weighted by molar-refractivity contribution is -0.119. The minimum atomic E-state index is -4.29. The zero-order valence-corrected chi connectivity index (χ0v) is 25.3. The third-order valence-electron chi connectivity index (χ3n) is 6.26. The van der Waals surface area contributed by atoms with E-state index in [1.165, 1.54) is 52.7 Å². The molecule has 3 aromatic carbocycles. The van der Waals surface area contributed by atoms with Gasteiger partial charge >= 0.3 is 0 Å². The van der Waals surface area contributed by atoms with Crippen LogP contribution in [-0.4, -0.2) is 62.5 Å². The molecule has 0 aliphatic carbocycles. The van der Waals surface area contributed by atoms with Gasteiger partial charge in [0.15, 0.2) is 11.5 Å². The maximum Gasteiger partial charge on any atom is 0.265 e. The minimum absolute atomic E-state index is 0.102. The number of hydrogen-bond acceptors (Lipinski definition) is 8. The number of carbonyl (C=O) groups is 1. The molecule has 0 unspecified atom stereocenters. The lowest BCUT2D eigenvalue weighted by atomic mass is 9.86. The summed E-state index contributed by atoms with van der Waals surface area (Å²) in [4.78, 5) is 13.0. The molecule has 0 aliphatic rings. The molecule has 1 amide bonds. The highest BCUT2D eigenvalue weighted by Crippen LogP contribution is 2.37. The number of amides is 1. The second-order valence-corrected chi connectivity index (χ2v) is 11.9. The molecule has 0 spiro atoms. The first-order chi connectivity index (χ1) is 19.5. The topological polar surface area (TPSA) is 113 Å². The maximum atomic E-state index is 14.0. The second kappa shape index (κ2) is 13.5. The van der Waals surface area contributed by atoms with E-state index in [0.29, 0.717) is 11.5 Å². The highest BCUT2D eigenvalue weighted by molar-refractivity contribution is 7.92. The summed E-state index contributed by atoms with van der Waals surface area (Å²) in [6.45, 7) is 6.12. The number of hydrogen-bond donors (Lipinski definition) is 1. The predicted molar refractivity (Wildman–Crippen MR) is 157 cm³/mol. The number of benzene rings is 3. The van der Waals surface area contributed by atoms with Gasteiger partial charge in [0.1, 0.15) is 30.4 Å². The van der Waals surface area contributed by atoms with Crippen molar-refractivity contribution < 1.29 is 36.9 Å². The fourth-order valence-corrected chi connectivity index (χ4v) is 5.58. The van der Waals surface area contributed by atoms with Crippen molar-refractivity contribution in [3.05, 3.63) is 66.2 Å². The Morgan fingerprint density at radius 2 is 1.46 bits per heavy atom. The van der Waals surface area contributed by atoms with Crippen LogP contribution in [0.5, 0.6) is 28.7 Å². The fraction of sp³-hybridized carbons (Fsp3) is 0.367. The van der Waals surface area contributed by atoms with Crippen LogP contribution in [0.25, 0.3) is 0 Å². The molecule has 3 rings (SSSR count). The molecule has 0 heterocycles. The van der Waals surface area contributed by atoms with Gasteiger partial charge in [-0.15, -0.1) is 0 Å². The molecule has 1 N–H and O–H groups in total. The Labute approximate surface area is 242 Å². The maximum absolute atomic E-state index is 14.0. The van der Waals surface area contributed by atoms with Gasteiger partial charge in [0.05, 0.1) is 45.6 Å². The molecule has 11 heteroatoms. The fourth-order valence-electron chi connectivity index (χ4n) is 4.15. The second-order valence-electron chi connectivity index (χ2n) is 10.0. The van der Waals surface area contributed by atoms with Crippen LogP contribution < -0.4 is 33.3 Å². The summed E-state index contributed by atoms with van der Waals surface area (Å²) in [6, 6.07) is 16.6. The predicted octanol–water partition coefficient (Wildman–Crippen LogP) is 4.41. The zero-order valence-electron chi connectivity index (χ0n) is 24.5. The van der Waals surface area contributed by atoms with Crippen molar-refractivity contribution in [3.63, 3.8) is 0 Å². The van der Waals surface area contributed by atoms with E-state index in [9.17, 15) is 13.2 Å². The summed E-state index contributed by atoms with van der Waals surface area (Å²) < 4.78 is 56.2. The Morgan fingerprint density at radius 1 is 0.805 bits per heavy atom. The number of sulfonamides is 1. The van der Waals surface area contributed by atoms with Gasteiger partial charge in [0.2, 0.25) is 5.91 Å². The number of methoxy groups -OCH3 is 4. The molecule has 0 saturated heterocycles. The number of para-hydroxylation sites is 1. The van der Waals surface area contributed by atoms with Gasteiger partial charge in [-0.1, -0.05) is 39.0 Å². The average Bonchev–Trinajstić information content (AvgIpc) is 2.96. The van der Waals surface area contributed by atoms with Crippen LogP contribution in [0, 0.1) is 0 Å². The zero-order chi connectivity index (χ0) is 30.2. The van der Waals surface area contributed by atoms with Gasteiger partial charge in [-0.25, -0.2) is 8.42 Å². The van der Waals surface area contributed by atoms with Gasteiger partial charge in [-0.05, 0) is 41.3 Å². The molecule has 0 radical (unpaired) electrons. The van der Waals surface area contributed by atoms with Crippen molar-refractivity contribution in [2.24, 2.45) is 0 Å². The Kier molecular flexibility index (Phi) is 10.3. The summed E-state index contributed by atoms with van der Waals surface area (Å²) in [5.74, 6) is 1.41. The lowest BCUT2D eigenvalue weighted by Gasteiger charge is -2.26. The number of nitrogens with zero attached hydrogens (tertiary/aromatic N) is 1. The van der Waals surface area contributed by atoms with Crippen LogP contribution in [0.15, 0.2) is 65.6 Å². The molecule has 10 nitrogen and oxygen atoms in total. The Balaban J connectivity index is 1.87. The first-order valence-corrected chi connectivity index (χ1v) is 14.4. The Hall–Kier alpha value is -4.12. The van der Waals surface area contributed by atoms with Gasteiger partial charge in [0.25, 0.3) is 10.0 Å². The third kappa shape index (κ3) is 7.55. The molecule has 0 saturated carbocycles. The highest BCUT2D eigenvalue weighted by Gasteiger charge is 2.31. The number of rotatable bonds is 13. The molecule has 0 aromatic heterocycles. The van der Waals surface area contributed by atoms with Crippen molar-refractivity contribution >= 4 is 21.6 Å². The first-order valence-electron chi connectivity index (χ1n) is 12.9. The van der Waals surface area contributed by atoms with E-state index in [1.54, 1.807) is 12.1 Å². The van der Waals surface area contributed by atoms with Crippen molar-refractivity contribution in [3.8, 4) is 28.7 Å². The first kappa shape index (κ1) is 31.4. The van der Waals surface area contributed by atoms with Crippen LogP contribution in [0.2, 0.25) is 0 Å². The molecule has 0 aliphatic heterocycles. The average molecular weight is 587 g/mol. The normalized spacial score (nSPS) is 11.4. The van der Waals surface area contributed by atoms with E-state index in [4.69, 9.17) is 23.7 Å². The monoisotopic (exact) mass is 586 g/mol. The molecule has 0 bridgehead atoms. The molecule has 222 valence electrons. The molecular weight excluding hydrogens is 548 g/mol. The summed E-state index contributed by atoms with van der Waals surface area (Å²) in [5.41, 5.74) is 1.06. The van der Waals surface area contributed by atoms with Gasteiger partial charge in [-0.3, -0.25) is 9.10 Å². The van der Waals surface area contributed by atoms with Gasteiger partial charge in [0, 0.05) is 12.1 Å². The smallest absolute Gasteiger partial charge is 0.265 e. The number of anilines is 1. The summed E-state index contributed by atoms with van der Waals surface area (Å²) in [7, 11) is 1.45. The van der Waals surface area contributed by atoms with Crippen LogP contribution in [0.4, 0.5) is 5.69 Å². The summed E-state index contributed by atoms with van der Waals surface area (Å²) in [6.07, 6.45) is 0. The largest absolute Gasteiger partial charge is 0.497 e. The number of ether oxygens (including phenoxy) is 5. The molecule has 0 atom stereocenters. The van der Waals surface area contributed by atoms with Gasteiger partial charge < -0.3 is 29.0 Å². The van der Waals surface area contributed by atoms with E-state index in [1.807, 2.05) is 24.3 Å². The third-order valence-corrected chi connectivity index (χ3v) is 8.02. The van der Waals surface area contributed by atoms with Crippen LogP contribution in [0.3, 0.4) is 0 Å². The number of nitrogens with one attached hydrogen (secondary N) is 1. The van der Waals surface area contributed by atoms with E-state index in [0.717, 1.165) is 15.6 Å². The van der Waals surface area contributed by atoms with E-state index < -0.39 is 22.5 Å². The van der Waals surface area contributed by atoms with Crippen molar-refractivity contribution in [1.29, 1.82) is 0 Å².